The summed E-state index contributed by atoms with van der Waals surface area (Å²) in [6, 6.07) is 6.79. The Morgan fingerprint density at radius 3 is 2.57 bits per heavy atom. The van der Waals surface area contributed by atoms with E-state index >= 15 is 0 Å². The molecule has 0 unspecified atom stereocenters. The molecule has 2 heterocycles. The average Bonchev–Trinajstić information content (AvgIpc) is 2.74. The smallest absolute Gasteiger partial charge is 0.339 e. The lowest BCUT2D eigenvalue weighted by molar-refractivity contribution is -0.148. The number of carboxylic acids is 1. The minimum Gasteiger partial charge on any atom is -0.478 e. The van der Waals surface area contributed by atoms with Crippen molar-refractivity contribution in [1.29, 1.82) is 0 Å². The van der Waals surface area contributed by atoms with Crippen LogP contribution in [0.1, 0.15) is 40.5 Å². The Morgan fingerprint density at radius 2 is 1.93 bits per heavy atom. The van der Waals surface area contributed by atoms with E-state index in [2.05, 4.69) is 10.3 Å². The summed E-state index contributed by atoms with van der Waals surface area (Å²) >= 11 is 0. The van der Waals surface area contributed by atoms with E-state index in [9.17, 15) is 23.9 Å². The molecule has 0 radical (unpaired) electrons. The number of hydrogen-bond donors (Lipinski definition) is 2. The van der Waals surface area contributed by atoms with Gasteiger partial charge >= 0.3 is 11.9 Å². The number of nitrogens with one attached hydrogen (secondary N) is 1. The molecule has 30 heavy (non-hydrogen) atoms. The maximum Gasteiger partial charge on any atom is 0.339 e. The lowest BCUT2D eigenvalue weighted by Crippen LogP contribution is -2.38. The number of rotatable bonds is 6. The number of hydrogen-bond acceptors (Lipinski definition) is 6. The topological polar surface area (TPSA) is 109 Å². The number of aromatic carboxylic acids is 1. The highest BCUT2D eigenvalue weighted by atomic mass is 19.1. The summed E-state index contributed by atoms with van der Waals surface area (Å²) in [6.07, 6.45) is 2.40. The Hall–Kier alpha value is -3.49. The maximum atomic E-state index is 13.8. The van der Waals surface area contributed by atoms with Crippen molar-refractivity contribution < 1.29 is 28.6 Å². The number of esters is 1. The van der Waals surface area contributed by atoms with E-state index in [0.29, 0.717) is 32.5 Å². The van der Waals surface area contributed by atoms with E-state index < -0.39 is 17.7 Å². The second-order valence-electron chi connectivity index (χ2n) is 6.85. The van der Waals surface area contributed by atoms with Crippen LogP contribution in [0.25, 0.3) is 0 Å². The van der Waals surface area contributed by atoms with Crippen LogP contribution in [0.15, 0.2) is 36.5 Å². The molecule has 0 atom stereocenters. The Labute approximate surface area is 172 Å². The number of ether oxygens (including phenoxy) is 1. The molecule has 1 aromatic heterocycles. The Kier molecular flexibility index (Phi) is 6.61. The van der Waals surface area contributed by atoms with Crippen molar-refractivity contribution in [3.63, 3.8) is 0 Å². The van der Waals surface area contributed by atoms with Gasteiger partial charge in [0.15, 0.2) is 0 Å². The number of benzene rings is 1. The van der Waals surface area contributed by atoms with E-state index in [-0.39, 0.29) is 34.5 Å². The molecule has 1 saturated heterocycles. The minimum absolute atomic E-state index is 0.0871. The second-order valence-corrected chi connectivity index (χ2v) is 6.85. The summed E-state index contributed by atoms with van der Waals surface area (Å²) in [5.74, 6) is -2.78. The first-order valence-corrected chi connectivity index (χ1v) is 9.61. The van der Waals surface area contributed by atoms with E-state index in [1.165, 1.54) is 36.5 Å². The molecule has 0 aliphatic carbocycles. The van der Waals surface area contributed by atoms with Gasteiger partial charge in [0.25, 0.3) is 5.91 Å². The molecule has 1 aliphatic rings. The molecule has 1 aliphatic heterocycles. The second kappa shape index (κ2) is 9.34. The lowest BCUT2D eigenvalue weighted by Gasteiger charge is -2.32. The third-order valence-electron chi connectivity index (χ3n) is 4.89. The van der Waals surface area contributed by atoms with Crippen LogP contribution in [0, 0.1) is 11.7 Å². The number of amides is 1. The number of halogens is 1. The average molecular weight is 415 g/mol. The first-order valence-electron chi connectivity index (χ1n) is 9.61. The van der Waals surface area contributed by atoms with E-state index in [0.717, 1.165) is 0 Å². The predicted molar refractivity (Wildman–Crippen MR) is 107 cm³/mol. The van der Waals surface area contributed by atoms with Crippen LogP contribution in [-0.4, -0.2) is 47.6 Å². The molecule has 1 amide bonds. The quantitative estimate of drug-likeness (QED) is 0.698. The molecule has 2 aromatic rings. The van der Waals surface area contributed by atoms with Crippen LogP contribution in [0.3, 0.4) is 0 Å². The van der Waals surface area contributed by atoms with Gasteiger partial charge < -0.3 is 20.1 Å². The zero-order valence-corrected chi connectivity index (χ0v) is 16.4. The zero-order chi connectivity index (χ0) is 21.7. The predicted octanol–water partition coefficient (Wildman–Crippen LogP) is 2.95. The van der Waals surface area contributed by atoms with Crippen LogP contribution < -0.4 is 10.2 Å². The van der Waals surface area contributed by atoms with Crippen LogP contribution in [0.2, 0.25) is 0 Å². The molecule has 1 fully saturated rings. The molecule has 3 rings (SSSR count). The van der Waals surface area contributed by atoms with Gasteiger partial charge in [0, 0.05) is 13.1 Å². The molecule has 0 spiro atoms. The number of carboxylic acid groups (broad SMARTS) is 1. The first kappa shape index (κ1) is 21.2. The largest absolute Gasteiger partial charge is 0.478 e. The molecule has 1 aromatic carbocycles. The number of aromatic nitrogens is 1. The van der Waals surface area contributed by atoms with Crippen LogP contribution in [0.5, 0.6) is 0 Å². The van der Waals surface area contributed by atoms with Crippen molar-refractivity contribution in [3.8, 4) is 0 Å². The lowest BCUT2D eigenvalue weighted by atomic mass is 9.96. The monoisotopic (exact) mass is 415 g/mol. The Morgan fingerprint density at radius 1 is 1.23 bits per heavy atom. The van der Waals surface area contributed by atoms with Crippen molar-refractivity contribution in [2.45, 2.75) is 19.8 Å². The van der Waals surface area contributed by atoms with Gasteiger partial charge in [0.1, 0.15) is 17.2 Å². The standard InChI is InChI=1S/C21H22FN3O5/c1-2-30-21(29)13-7-9-25(10-8-13)18-16(20(27)28)11-14(12-23-18)24-19(26)15-5-3-4-6-17(15)22/h3-6,11-13H,2,7-10H2,1H3,(H,24,26)(H,27,28). The summed E-state index contributed by atoms with van der Waals surface area (Å²) in [4.78, 5) is 41.9. The molecule has 9 heteroatoms. The van der Waals surface area contributed by atoms with Gasteiger partial charge in [0.2, 0.25) is 0 Å². The SMILES string of the molecule is CCOC(=O)C1CCN(c2ncc(NC(=O)c3ccccc3F)cc2C(=O)O)CC1. The molecule has 0 saturated carbocycles. The molecule has 8 nitrogen and oxygen atoms in total. The van der Waals surface area contributed by atoms with Gasteiger partial charge in [-0.3, -0.25) is 9.59 Å². The highest BCUT2D eigenvalue weighted by Crippen LogP contribution is 2.27. The van der Waals surface area contributed by atoms with Crippen LogP contribution >= 0.6 is 0 Å². The summed E-state index contributed by atoms with van der Waals surface area (Å²) in [5.41, 5.74) is -0.0961. The van der Waals surface area contributed by atoms with Gasteiger partial charge in [0.05, 0.1) is 30.0 Å². The first-order chi connectivity index (χ1) is 14.4. The van der Waals surface area contributed by atoms with Gasteiger partial charge in [-0.1, -0.05) is 12.1 Å². The number of pyridine rings is 1. The number of anilines is 2. The highest BCUT2D eigenvalue weighted by Gasteiger charge is 2.28. The van der Waals surface area contributed by atoms with Crippen molar-refractivity contribution in [2.75, 3.05) is 29.9 Å². The van der Waals surface area contributed by atoms with Crippen molar-refractivity contribution in [3.05, 3.63) is 53.5 Å². The summed E-state index contributed by atoms with van der Waals surface area (Å²) in [6.45, 7) is 2.99. The fourth-order valence-corrected chi connectivity index (χ4v) is 3.37. The zero-order valence-electron chi connectivity index (χ0n) is 16.4. The Balaban J connectivity index is 1.75. The number of carbonyl (C=O) groups is 3. The molecular formula is C21H22FN3O5. The van der Waals surface area contributed by atoms with Gasteiger partial charge in [-0.2, -0.15) is 0 Å². The van der Waals surface area contributed by atoms with Crippen molar-refractivity contribution >= 4 is 29.4 Å². The summed E-state index contributed by atoms with van der Waals surface area (Å²) in [5, 5.41) is 12.1. The number of carbonyl (C=O) groups excluding carboxylic acids is 2. The Bertz CT molecular complexity index is 957. The molecular weight excluding hydrogens is 393 g/mol. The van der Waals surface area contributed by atoms with Gasteiger partial charge in [-0.25, -0.2) is 14.2 Å². The minimum atomic E-state index is -1.20. The molecule has 2 N–H and O–H groups in total. The van der Waals surface area contributed by atoms with Crippen molar-refractivity contribution in [1.82, 2.24) is 4.98 Å². The van der Waals surface area contributed by atoms with Crippen LogP contribution in [-0.2, 0) is 9.53 Å². The highest BCUT2D eigenvalue weighted by molar-refractivity contribution is 6.05. The third kappa shape index (κ3) is 4.73. The molecule has 0 bridgehead atoms. The van der Waals surface area contributed by atoms with E-state index in [4.69, 9.17) is 4.74 Å². The van der Waals surface area contributed by atoms with Crippen molar-refractivity contribution in [2.24, 2.45) is 5.92 Å². The normalized spacial score (nSPS) is 14.3. The van der Waals surface area contributed by atoms with Gasteiger partial charge in [-0.05, 0) is 38.0 Å². The summed E-state index contributed by atoms with van der Waals surface area (Å²) < 4.78 is 18.8. The van der Waals surface area contributed by atoms with Crippen LogP contribution in [0.4, 0.5) is 15.9 Å². The number of piperidine rings is 1. The van der Waals surface area contributed by atoms with E-state index in [1.807, 2.05) is 0 Å². The fraction of sp³-hybridized carbons (Fsp3) is 0.333. The molecule has 158 valence electrons. The van der Waals surface area contributed by atoms with Gasteiger partial charge in [-0.15, -0.1) is 0 Å². The summed E-state index contributed by atoms with van der Waals surface area (Å²) in [7, 11) is 0. The fourth-order valence-electron chi connectivity index (χ4n) is 3.37. The maximum absolute atomic E-state index is 13.8. The third-order valence-corrected chi connectivity index (χ3v) is 4.89. The number of nitrogens with zero attached hydrogens (tertiary/aromatic N) is 2. The van der Waals surface area contributed by atoms with E-state index in [1.54, 1.807) is 11.8 Å².